The average Bonchev–Trinajstić information content (AvgIpc) is 2.91. The highest BCUT2D eigenvalue weighted by Crippen LogP contribution is 2.41. The molecule has 0 saturated carbocycles. The summed E-state index contributed by atoms with van der Waals surface area (Å²) < 4.78 is 6.14. The topological polar surface area (TPSA) is 21.3 Å². The lowest BCUT2D eigenvalue weighted by atomic mass is 9.71. The zero-order valence-corrected chi connectivity index (χ0v) is 19.7. The van der Waals surface area contributed by atoms with Gasteiger partial charge in [0.25, 0.3) is 0 Å². The largest absolute Gasteiger partial charge is 0.489 e. The van der Waals surface area contributed by atoms with Crippen molar-refractivity contribution in [2.75, 3.05) is 13.1 Å². The maximum atomic E-state index is 6.14. The smallest absolute Gasteiger partial charge is 0.120 e. The molecule has 0 aromatic heterocycles. The molecule has 2 atom stereocenters. The zero-order valence-electron chi connectivity index (χ0n) is 19.7. The second-order valence-corrected chi connectivity index (χ2v) is 9.26. The molecule has 0 amide bonds. The molecule has 0 saturated heterocycles. The summed E-state index contributed by atoms with van der Waals surface area (Å²) in [6.45, 7) is 2.66. The Bertz CT molecular complexity index is 1160. The fourth-order valence-electron chi connectivity index (χ4n) is 5.19. The Morgan fingerprint density at radius 1 is 0.735 bits per heavy atom. The van der Waals surface area contributed by atoms with Crippen LogP contribution in [0.25, 0.3) is 0 Å². The standard InChI is InChI=1S/C32H33NO/c1-4-10-25(11-5-1)20-21-33-23-29-17-16-28-22-30(34-24-26-12-6-2-7-13-26)18-19-31(28)32(29)27-14-8-3-9-15-27/h1-15,18-19,22,29,32-33H,16-17,20-21,23-24H2. The van der Waals surface area contributed by atoms with E-state index in [0.717, 1.165) is 31.7 Å². The number of rotatable bonds is 9. The highest BCUT2D eigenvalue weighted by atomic mass is 16.5. The lowest BCUT2D eigenvalue weighted by Gasteiger charge is -2.34. The van der Waals surface area contributed by atoms with Crippen LogP contribution in [0.4, 0.5) is 0 Å². The van der Waals surface area contributed by atoms with Crippen molar-refractivity contribution >= 4 is 0 Å². The molecule has 4 aromatic carbocycles. The summed E-state index contributed by atoms with van der Waals surface area (Å²) in [6, 6.07) is 38.9. The molecule has 0 heterocycles. The normalized spacial score (nSPS) is 17.2. The quantitative estimate of drug-likeness (QED) is 0.285. The Labute approximate surface area is 203 Å². The van der Waals surface area contributed by atoms with Crippen LogP contribution in [0.1, 0.15) is 40.2 Å². The minimum Gasteiger partial charge on any atom is -0.489 e. The van der Waals surface area contributed by atoms with Crippen molar-refractivity contribution in [3.05, 3.63) is 137 Å². The van der Waals surface area contributed by atoms with Gasteiger partial charge in [0, 0.05) is 5.92 Å². The van der Waals surface area contributed by atoms with E-state index < -0.39 is 0 Å². The Kier molecular flexibility index (Phi) is 7.37. The van der Waals surface area contributed by atoms with Crippen LogP contribution < -0.4 is 10.1 Å². The van der Waals surface area contributed by atoms with E-state index in [9.17, 15) is 0 Å². The van der Waals surface area contributed by atoms with E-state index in [1.54, 1.807) is 0 Å². The van der Waals surface area contributed by atoms with E-state index >= 15 is 0 Å². The minimum absolute atomic E-state index is 0.414. The Balaban J connectivity index is 1.29. The Hall–Kier alpha value is -3.36. The number of hydrogen-bond donors (Lipinski definition) is 1. The van der Waals surface area contributed by atoms with Gasteiger partial charge in [-0.25, -0.2) is 0 Å². The SMILES string of the molecule is c1ccc(CCNCC2CCc3cc(OCc4ccccc4)ccc3C2c2ccccc2)cc1. The summed E-state index contributed by atoms with van der Waals surface area (Å²) in [6.07, 6.45) is 3.36. The molecule has 5 rings (SSSR count). The first kappa shape index (κ1) is 22.4. The van der Waals surface area contributed by atoms with Gasteiger partial charge in [0.2, 0.25) is 0 Å². The maximum absolute atomic E-state index is 6.14. The molecule has 1 N–H and O–H groups in total. The molecule has 1 aliphatic rings. The van der Waals surface area contributed by atoms with Crippen molar-refractivity contribution < 1.29 is 4.74 Å². The van der Waals surface area contributed by atoms with Crippen LogP contribution in [-0.2, 0) is 19.4 Å². The molecule has 0 radical (unpaired) electrons. The maximum Gasteiger partial charge on any atom is 0.120 e. The first-order chi connectivity index (χ1) is 16.9. The second kappa shape index (κ2) is 11.2. The molecular weight excluding hydrogens is 414 g/mol. The number of nitrogens with one attached hydrogen (secondary N) is 1. The number of ether oxygens (including phenoxy) is 1. The van der Waals surface area contributed by atoms with Crippen molar-refractivity contribution in [3.63, 3.8) is 0 Å². The van der Waals surface area contributed by atoms with E-state index in [0.29, 0.717) is 18.4 Å². The molecule has 172 valence electrons. The molecule has 34 heavy (non-hydrogen) atoms. The fraction of sp³-hybridized carbons (Fsp3) is 0.250. The fourth-order valence-corrected chi connectivity index (χ4v) is 5.19. The van der Waals surface area contributed by atoms with Crippen molar-refractivity contribution in [1.82, 2.24) is 5.32 Å². The van der Waals surface area contributed by atoms with Crippen LogP contribution in [0, 0.1) is 5.92 Å². The van der Waals surface area contributed by atoms with Crippen molar-refractivity contribution in [2.45, 2.75) is 31.8 Å². The molecule has 0 aliphatic heterocycles. The lowest BCUT2D eigenvalue weighted by Crippen LogP contribution is -2.32. The van der Waals surface area contributed by atoms with Gasteiger partial charge < -0.3 is 10.1 Å². The van der Waals surface area contributed by atoms with Crippen molar-refractivity contribution in [3.8, 4) is 5.75 Å². The van der Waals surface area contributed by atoms with Crippen LogP contribution in [-0.4, -0.2) is 13.1 Å². The van der Waals surface area contributed by atoms with Crippen molar-refractivity contribution in [2.24, 2.45) is 5.92 Å². The number of aryl methyl sites for hydroxylation is 1. The third kappa shape index (κ3) is 5.58. The van der Waals surface area contributed by atoms with Gasteiger partial charge in [-0.2, -0.15) is 0 Å². The Morgan fingerprint density at radius 2 is 1.41 bits per heavy atom. The van der Waals surface area contributed by atoms with E-state index in [1.165, 1.54) is 34.2 Å². The van der Waals surface area contributed by atoms with Gasteiger partial charge in [0.05, 0.1) is 0 Å². The van der Waals surface area contributed by atoms with Gasteiger partial charge >= 0.3 is 0 Å². The lowest BCUT2D eigenvalue weighted by molar-refractivity contribution is 0.304. The van der Waals surface area contributed by atoms with Gasteiger partial charge in [-0.15, -0.1) is 0 Å². The zero-order chi connectivity index (χ0) is 23.0. The summed E-state index contributed by atoms with van der Waals surface area (Å²) in [7, 11) is 0. The van der Waals surface area contributed by atoms with Crippen LogP contribution >= 0.6 is 0 Å². The number of hydrogen-bond acceptors (Lipinski definition) is 2. The summed E-state index contributed by atoms with van der Waals surface area (Å²) in [5.74, 6) is 1.97. The van der Waals surface area contributed by atoms with E-state index in [4.69, 9.17) is 4.74 Å². The molecule has 1 aliphatic carbocycles. The van der Waals surface area contributed by atoms with Crippen LogP contribution in [0.3, 0.4) is 0 Å². The summed E-state index contributed by atoms with van der Waals surface area (Å²) >= 11 is 0. The van der Waals surface area contributed by atoms with Gasteiger partial charge in [0.1, 0.15) is 12.4 Å². The summed E-state index contributed by atoms with van der Waals surface area (Å²) in [5, 5.41) is 3.76. The molecule has 0 fully saturated rings. The van der Waals surface area contributed by atoms with Crippen LogP contribution in [0.15, 0.2) is 109 Å². The van der Waals surface area contributed by atoms with Gasteiger partial charge in [-0.05, 0) is 78.2 Å². The van der Waals surface area contributed by atoms with E-state index in [1.807, 2.05) is 6.07 Å². The van der Waals surface area contributed by atoms with Gasteiger partial charge in [-0.1, -0.05) is 97.1 Å². The second-order valence-electron chi connectivity index (χ2n) is 9.26. The highest BCUT2D eigenvalue weighted by Gasteiger charge is 2.30. The third-order valence-electron chi connectivity index (χ3n) is 6.95. The van der Waals surface area contributed by atoms with Crippen LogP contribution in [0.2, 0.25) is 0 Å². The summed E-state index contributed by atoms with van der Waals surface area (Å²) in [4.78, 5) is 0. The van der Waals surface area contributed by atoms with Gasteiger partial charge in [-0.3, -0.25) is 0 Å². The van der Waals surface area contributed by atoms with Crippen LogP contribution in [0.5, 0.6) is 5.75 Å². The molecule has 2 nitrogen and oxygen atoms in total. The molecular formula is C32H33NO. The predicted octanol–water partition coefficient (Wildman–Crippen LogP) is 6.79. The van der Waals surface area contributed by atoms with E-state index in [-0.39, 0.29) is 0 Å². The number of fused-ring (bicyclic) bond motifs is 1. The number of benzene rings is 4. The highest BCUT2D eigenvalue weighted by molar-refractivity contribution is 5.45. The predicted molar refractivity (Wildman–Crippen MR) is 140 cm³/mol. The van der Waals surface area contributed by atoms with Crippen molar-refractivity contribution in [1.29, 1.82) is 0 Å². The monoisotopic (exact) mass is 447 g/mol. The van der Waals surface area contributed by atoms with Gasteiger partial charge in [0.15, 0.2) is 0 Å². The minimum atomic E-state index is 0.414. The molecule has 2 unspecified atom stereocenters. The van der Waals surface area contributed by atoms with E-state index in [2.05, 4.69) is 108 Å². The Morgan fingerprint density at radius 3 is 2.15 bits per heavy atom. The molecule has 2 heteroatoms. The molecule has 0 bridgehead atoms. The molecule has 4 aromatic rings. The average molecular weight is 448 g/mol. The summed E-state index contributed by atoms with van der Waals surface area (Å²) in [5.41, 5.74) is 6.89. The first-order valence-electron chi connectivity index (χ1n) is 12.5. The first-order valence-corrected chi connectivity index (χ1v) is 12.5. The molecule has 0 spiro atoms. The third-order valence-corrected chi connectivity index (χ3v) is 6.95.